The summed E-state index contributed by atoms with van der Waals surface area (Å²) in [5.41, 5.74) is 18.4. The number of aliphatic hydroxyl groups is 2. The topological polar surface area (TPSA) is 261 Å². The van der Waals surface area contributed by atoms with Gasteiger partial charge in [-0.25, -0.2) is 4.21 Å². The maximum absolute atomic E-state index is 13.8. The normalized spacial score (nSPS) is 20.3. The molecule has 0 bridgehead atoms. The molecule has 1 aromatic heterocycles. The number of unbranched alkanes of at least 4 members (excludes halogenated alkanes) is 9. The summed E-state index contributed by atoms with van der Waals surface area (Å²) >= 11 is 0. The number of ketones is 1. The number of hydrogen-bond donors (Lipinski definition) is 9. The van der Waals surface area contributed by atoms with E-state index in [4.69, 9.17) is 28.1 Å². The van der Waals surface area contributed by atoms with Gasteiger partial charge < -0.3 is 59.3 Å². The number of nitrogens with zero attached hydrogens (tertiary/aromatic N) is 2. The minimum absolute atomic E-state index is 0.0194. The number of morpholine rings is 1. The molecule has 9 N–H and O–H groups in total. The zero-order valence-electron chi connectivity index (χ0n) is 82.5. The number of hydrogen-bond acceptors (Lipinski definition) is 14. The molecule has 0 radical (unpaired) electrons. The fourth-order valence-electron chi connectivity index (χ4n) is 21.4. The number of carbonyl (C=O) groups excluding carboxylic acids is 1. The molecule has 5 heterocycles. The highest BCUT2D eigenvalue weighted by Gasteiger charge is 2.46. The number of benzene rings is 8. The number of aliphatic hydroxyl groups excluding tert-OH is 2. The van der Waals surface area contributed by atoms with Crippen molar-refractivity contribution in [3.05, 3.63) is 236 Å². The summed E-state index contributed by atoms with van der Waals surface area (Å²) in [4.78, 5) is 16.2. The van der Waals surface area contributed by atoms with Crippen LogP contribution in [-0.2, 0) is 45.1 Å². The number of aryl methyl sites for hydroxylation is 4. The van der Waals surface area contributed by atoms with E-state index in [0.717, 1.165) is 223 Å². The van der Waals surface area contributed by atoms with Gasteiger partial charge in [-0.2, -0.15) is 0 Å². The van der Waals surface area contributed by atoms with Crippen LogP contribution < -0.4 is 14.2 Å². The monoisotopic (exact) mass is 1840 g/mol. The Kier molecular flexibility index (Phi) is 37.1. The SMILES string of the molecule is C=C(C)[C@@H]1CCC(C)=C[C@H]1c1c(O)cc(CCCCC)cc1O.C=S(=O)(O)O.CCCCCCC(C)(C)c1ccc([C@@H]2C[C@H](O)CCC2CCCO)c(O)c1.CCCCCc1cc(O)c2c(c1)OC(C)(C)[C@@H]1CCC(C)=C[C@@H]21.CCCCCc1cc(O)c2c(c1)OC(C)(C)c1ccc(C)cc1-2.Cc1c(C(=O)c2ccc3ccccc3c2)c2cccc3c2n1C(CN1CCOCC1)CO3. The predicted molar refractivity (Wildman–Crippen MR) is 546 cm³/mol. The molecule has 8 atom stereocenters. The highest BCUT2D eigenvalue weighted by molar-refractivity contribution is 7.89. The Bertz CT molecular complexity index is 5580. The van der Waals surface area contributed by atoms with Crippen molar-refractivity contribution < 1.29 is 72.8 Å². The van der Waals surface area contributed by atoms with Gasteiger partial charge in [-0.3, -0.25) is 18.8 Å². The first-order valence-corrected chi connectivity index (χ1v) is 51.3. The Balaban J connectivity index is 0.000000159. The maximum Gasteiger partial charge on any atom is 0.195 e. The summed E-state index contributed by atoms with van der Waals surface area (Å²) < 4.78 is 50.8. The molecule has 7 aliphatic rings. The second-order valence-electron chi connectivity index (χ2n) is 40.5. The number of para-hydroxylation sites is 1. The van der Waals surface area contributed by atoms with Crippen LogP contribution in [0.3, 0.4) is 0 Å². The fraction of sp³-hybridized carbons (Fsp3) is 0.513. The molecule has 17 nitrogen and oxygen atoms in total. The van der Waals surface area contributed by atoms with E-state index < -0.39 is 10.1 Å². The number of phenolic OH excluding ortho intramolecular Hbond substituents is 5. The number of phenols is 5. The lowest BCUT2D eigenvalue weighted by molar-refractivity contribution is 0.0107. The molecule has 8 aromatic carbocycles. The van der Waals surface area contributed by atoms with Crippen molar-refractivity contribution in [2.45, 2.75) is 317 Å². The molecule has 4 aliphatic heterocycles. The molecule has 16 rings (SSSR count). The molecule has 0 spiro atoms. The molecule has 2 fully saturated rings. The van der Waals surface area contributed by atoms with Gasteiger partial charge in [0.25, 0.3) is 0 Å². The first-order valence-electron chi connectivity index (χ1n) is 49.7. The van der Waals surface area contributed by atoms with Crippen molar-refractivity contribution in [3.8, 4) is 57.1 Å². The Hall–Kier alpha value is -9.37. The minimum atomic E-state index is -3.67. The van der Waals surface area contributed by atoms with Gasteiger partial charge in [0.15, 0.2) is 15.9 Å². The van der Waals surface area contributed by atoms with Gasteiger partial charge >= 0.3 is 0 Å². The van der Waals surface area contributed by atoms with Crippen molar-refractivity contribution in [3.63, 3.8) is 0 Å². The van der Waals surface area contributed by atoms with Gasteiger partial charge in [0.2, 0.25) is 0 Å². The lowest BCUT2D eigenvalue weighted by Crippen LogP contribution is -2.45. The van der Waals surface area contributed by atoms with Gasteiger partial charge in [-0.1, -0.05) is 226 Å². The molecular weight excluding hydrogens is 1680 g/mol. The van der Waals surface area contributed by atoms with E-state index >= 15 is 0 Å². The van der Waals surface area contributed by atoms with Gasteiger partial charge in [-0.15, -0.1) is 0 Å². The Morgan fingerprint density at radius 1 is 0.602 bits per heavy atom. The predicted octanol–water partition coefficient (Wildman–Crippen LogP) is 27.2. The summed E-state index contributed by atoms with van der Waals surface area (Å²) in [6.45, 7) is 41.7. The van der Waals surface area contributed by atoms with Crippen molar-refractivity contribution in [1.82, 2.24) is 9.47 Å². The van der Waals surface area contributed by atoms with Gasteiger partial charge in [-0.05, 0) is 287 Å². The third-order valence-corrected chi connectivity index (χ3v) is 28.6. The number of fused-ring (bicyclic) bond motifs is 7. The van der Waals surface area contributed by atoms with Crippen LogP contribution in [0.15, 0.2) is 169 Å². The zero-order chi connectivity index (χ0) is 96.2. The summed E-state index contributed by atoms with van der Waals surface area (Å²) in [5.74, 6) is 8.25. The Morgan fingerprint density at radius 2 is 1.20 bits per heavy atom. The third-order valence-electron chi connectivity index (χ3n) is 28.6. The lowest BCUT2D eigenvalue weighted by Gasteiger charge is -2.46. The highest BCUT2D eigenvalue weighted by Crippen LogP contribution is 2.56. The Labute approximate surface area is 794 Å². The van der Waals surface area contributed by atoms with Gasteiger partial charge in [0.1, 0.15) is 63.8 Å². The summed E-state index contributed by atoms with van der Waals surface area (Å²) in [7, 11) is -3.67. The molecule has 3 aliphatic carbocycles. The summed E-state index contributed by atoms with van der Waals surface area (Å²) in [5, 5.41) is 75.8. The van der Waals surface area contributed by atoms with Crippen LogP contribution in [0.1, 0.15) is 333 Å². The van der Waals surface area contributed by atoms with E-state index in [9.17, 15) is 44.7 Å². The number of allylic oxidation sites excluding steroid dienone is 5. The van der Waals surface area contributed by atoms with E-state index in [0.29, 0.717) is 47.7 Å². The molecule has 722 valence electrons. The second kappa shape index (κ2) is 47.4. The van der Waals surface area contributed by atoms with E-state index in [2.05, 4.69) is 192 Å². The molecule has 1 saturated heterocycles. The zero-order valence-corrected chi connectivity index (χ0v) is 83.3. The van der Waals surface area contributed by atoms with Crippen LogP contribution in [0.5, 0.6) is 46.0 Å². The maximum atomic E-state index is 13.8. The number of rotatable bonds is 28. The number of aromatic hydroxyl groups is 5. The average molecular weight is 1840 g/mol. The minimum Gasteiger partial charge on any atom is -0.508 e. The van der Waals surface area contributed by atoms with Crippen LogP contribution in [0.4, 0.5) is 0 Å². The van der Waals surface area contributed by atoms with Crippen molar-refractivity contribution in [2.75, 3.05) is 46.1 Å². The van der Waals surface area contributed by atoms with Crippen LogP contribution in [0.25, 0.3) is 32.8 Å². The van der Waals surface area contributed by atoms with Crippen LogP contribution in [-0.4, -0.2) is 128 Å². The van der Waals surface area contributed by atoms with Crippen molar-refractivity contribution in [2.24, 2.45) is 17.8 Å². The van der Waals surface area contributed by atoms with Crippen LogP contribution in [0.2, 0.25) is 0 Å². The second-order valence-corrected chi connectivity index (χ2v) is 41.8. The molecule has 18 heteroatoms. The summed E-state index contributed by atoms with van der Waals surface area (Å²) in [6.07, 6.45) is 32.6. The highest BCUT2D eigenvalue weighted by atomic mass is 32.2. The number of aromatic nitrogens is 1. The molecule has 0 amide bonds. The van der Waals surface area contributed by atoms with E-state index in [1.165, 1.54) is 98.5 Å². The van der Waals surface area contributed by atoms with Crippen LogP contribution in [0, 0.1) is 31.6 Å². The average Bonchev–Trinajstić information content (AvgIpc) is 1.60. The molecular formula is C115H156N2O15S. The van der Waals surface area contributed by atoms with Crippen LogP contribution >= 0.6 is 0 Å². The van der Waals surface area contributed by atoms with E-state index in [-0.39, 0.29) is 76.3 Å². The smallest absolute Gasteiger partial charge is 0.195 e. The first kappa shape index (κ1) is 104. The van der Waals surface area contributed by atoms with Gasteiger partial charge in [0.05, 0.1) is 42.0 Å². The van der Waals surface area contributed by atoms with E-state index in [1.807, 2.05) is 79.7 Å². The fourth-order valence-corrected chi connectivity index (χ4v) is 21.4. The lowest BCUT2D eigenvalue weighted by atomic mass is 9.68. The van der Waals surface area contributed by atoms with E-state index in [1.54, 1.807) is 0 Å². The molecule has 1 saturated carbocycles. The largest absolute Gasteiger partial charge is 0.508 e. The van der Waals surface area contributed by atoms with Gasteiger partial charge in [0, 0.05) is 83.2 Å². The number of ether oxygens (including phenoxy) is 4. The third kappa shape index (κ3) is 27.1. The standard InChI is InChI=1S/C27H26N2O3.C24H40O3.C21H30O2.C21H26O2.C21H30O2.CH4O3S/c1-18-25(27(30)21-10-9-19-5-2-3-6-20(19)15-21)23-7-4-8-24-26(23)29(18)22(17-32-24)16-28-11-13-31-14-12-28;1-4-5-6-7-14-24(2,3)19-11-13-21(23(27)16-19)22-17-20(26)12-10-18(22)9-8-15-25;2*1-5-6-7-8-15-12-18(22)20-16-11-14(2)9-10-17(16)21(3,4)23-19(20)13-15;1-5-6-7-8-16-12-19(22)21(20(23)13-16)18-11-15(4)9-10-17(18)14(2)3;1-5(2,3)4/h2-10,15,22H,11-14,16-17H2,1H3;11,13,16,18,20,22,25-27H,4-10,12,14-15,17H2,1-3H3;11-13,16-17,22H,5-10H2,1-4H3;9-13,22H,5-8H2,1-4H3;11-13,17-18,22-23H,2,5-10H2,1,3-4H3;1H2,(H2,2,3,4)/t;18?,20-,22-;16-,17-;;17-,18+;/m.11.0./s1. The quantitative estimate of drug-likeness (QED) is 0.00955. The molecule has 9 aromatic rings. The molecule has 2 unspecified atom stereocenters. The first-order chi connectivity index (χ1) is 63.4. The number of carbonyl (C=O) groups is 1. The van der Waals surface area contributed by atoms with Crippen molar-refractivity contribution >= 4 is 43.4 Å². The Morgan fingerprint density at radius 3 is 1.82 bits per heavy atom. The molecule has 133 heavy (non-hydrogen) atoms. The summed E-state index contributed by atoms with van der Waals surface area (Å²) in [6, 6.07) is 44.8. The van der Waals surface area contributed by atoms with Crippen molar-refractivity contribution in [1.29, 1.82) is 0 Å².